The monoisotopic (exact) mass is 401 g/mol. The van der Waals surface area contributed by atoms with Gasteiger partial charge in [0.2, 0.25) is 0 Å². The molecule has 4 aromatic rings. The molecule has 0 spiro atoms. The molecule has 0 bridgehead atoms. The van der Waals surface area contributed by atoms with Gasteiger partial charge in [0.1, 0.15) is 11.5 Å². The maximum Gasteiger partial charge on any atom is 0.345 e. The Morgan fingerprint density at radius 2 is 1.40 bits per heavy atom. The Kier molecular flexibility index (Phi) is 4.93. The number of ether oxygens (including phenoxy) is 1. The molecule has 0 amide bonds. The number of benzene rings is 3. The normalized spacial score (nSPS) is 10.7. The van der Waals surface area contributed by atoms with Crippen LogP contribution in [0.25, 0.3) is 11.4 Å². The summed E-state index contributed by atoms with van der Waals surface area (Å²) in [5.74, 6) is 1.28. The zero-order valence-electron chi connectivity index (χ0n) is 16.5. The summed E-state index contributed by atoms with van der Waals surface area (Å²) in [7, 11) is 0. The van der Waals surface area contributed by atoms with E-state index in [4.69, 9.17) is 4.74 Å². The van der Waals surface area contributed by atoms with Gasteiger partial charge >= 0.3 is 17.1 Å². The fraction of sp³-hybridized carbons (Fsp3) is 0.0870. The number of para-hydroxylation sites is 1. The molecule has 0 saturated heterocycles. The van der Waals surface area contributed by atoms with E-state index in [-0.39, 0.29) is 0 Å². The Bertz CT molecular complexity index is 1400. The molecule has 0 aliphatic carbocycles. The maximum absolute atomic E-state index is 13.1. The zero-order chi connectivity index (χ0) is 21.3. The van der Waals surface area contributed by atoms with Gasteiger partial charge in [0, 0.05) is 0 Å². The molecule has 0 atom stereocenters. The van der Waals surface area contributed by atoms with Crippen molar-refractivity contribution >= 4 is 0 Å². The van der Waals surface area contributed by atoms with Crippen LogP contribution in [0.5, 0.6) is 11.5 Å². The molecule has 0 aliphatic heterocycles. The number of H-pyrrole nitrogens is 1. The fourth-order valence-electron chi connectivity index (χ4n) is 3.20. The van der Waals surface area contributed by atoms with E-state index in [9.17, 15) is 14.4 Å². The van der Waals surface area contributed by atoms with Crippen LogP contribution < -0.4 is 21.8 Å². The van der Waals surface area contributed by atoms with Crippen LogP contribution in [0.2, 0.25) is 0 Å². The smallest absolute Gasteiger partial charge is 0.345 e. The number of hydrogen-bond acceptors (Lipinski definition) is 4. The van der Waals surface area contributed by atoms with Crippen molar-refractivity contribution in [1.29, 1.82) is 0 Å². The van der Waals surface area contributed by atoms with Crippen LogP contribution in [-0.4, -0.2) is 14.1 Å². The van der Waals surface area contributed by atoms with Crippen LogP contribution in [0, 0.1) is 13.8 Å². The van der Waals surface area contributed by atoms with Gasteiger partial charge in [0.15, 0.2) is 0 Å². The van der Waals surface area contributed by atoms with Crippen molar-refractivity contribution < 1.29 is 4.74 Å². The standard InChI is InChI=1S/C23H19N3O4/c1-15-7-6-8-17(13-15)25-21(27)24-22(28)26(23(25)29)18-11-12-20(16(2)14-18)30-19-9-4-3-5-10-19/h3-14H,1-2H3,(H,24,27,28). The molecule has 0 radical (unpaired) electrons. The lowest BCUT2D eigenvalue weighted by Gasteiger charge is -2.12. The van der Waals surface area contributed by atoms with Crippen molar-refractivity contribution in [2.24, 2.45) is 0 Å². The van der Waals surface area contributed by atoms with E-state index < -0.39 is 17.1 Å². The van der Waals surface area contributed by atoms with E-state index in [2.05, 4.69) is 4.98 Å². The summed E-state index contributed by atoms with van der Waals surface area (Å²) in [5, 5.41) is 0. The highest BCUT2D eigenvalue weighted by molar-refractivity contribution is 5.45. The van der Waals surface area contributed by atoms with Crippen molar-refractivity contribution in [1.82, 2.24) is 14.1 Å². The topological polar surface area (TPSA) is 86.1 Å². The van der Waals surface area contributed by atoms with Gasteiger partial charge in [-0.25, -0.2) is 23.5 Å². The average Bonchev–Trinajstić information content (AvgIpc) is 2.70. The van der Waals surface area contributed by atoms with Gasteiger partial charge in [-0.05, 0) is 67.4 Å². The van der Waals surface area contributed by atoms with Crippen molar-refractivity contribution in [2.75, 3.05) is 0 Å². The average molecular weight is 401 g/mol. The summed E-state index contributed by atoms with van der Waals surface area (Å²) in [5.41, 5.74) is 0.00481. The predicted octanol–water partition coefficient (Wildman–Crippen LogP) is 3.09. The first-order valence-corrected chi connectivity index (χ1v) is 9.33. The molecule has 0 saturated carbocycles. The van der Waals surface area contributed by atoms with E-state index in [1.54, 1.807) is 36.4 Å². The van der Waals surface area contributed by atoms with Crippen molar-refractivity contribution in [3.63, 3.8) is 0 Å². The summed E-state index contributed by atoms with van der Waals surface area (Å²) in [6.45, 7) is 3.67. The molecule has 0 aliphatic rings. The second-order valence-corrected chi connectivity index (χ2v) is 6.89. The highest BCUT2D eigenvalue weighted by Gasteiger charge is 2.14. The quantitative estimate of drug-likeness (QED) is 0.569. The van der Waals surface area contributed by atoms with Gasteiger partial charge in [0.05, 0.1) is 11.4 Å². The highest BCUT2D eigenvalue weighted by atomic mass is 16.5. The largest absolute Gasteiger partial charge is 0.457 e. The Labute approximate surface area is 171 Å². The molecule has 1 heterocycles. The van der Waals surface area contributed by atoms with Crippen LogP contribution in [0.15, 0.2) is 87.2 Å². The van der Waals surface area contributed by atoms with Gasteiger partial charge in [-0.15, -0.1) is 0 Å². The van der Waals surface area contributed by atoms with Crippen molar-refractivity contribution in [3.8, 4) is 22.9 Å². The summed E-state index contributed by atoms with van der Waals surface area (Å²) in [6.07, 6.45) is 0. The van der Waals surface area contributed by atoms with E-state index in [0.717, 1.165) is 20.3 Å². The maximum atomic E-state index is 13.1. The molecule has 7 heteroatoms. The Balaban J connectivity index is 1.82. The predicted molar refractivity (Wildman–Crippen MR) is 114 cm³/mol. The number of rotatable bonds is 4. The first kappa shape index (κ1) is 19.2. The molecule has 0 unspecified atom stereocenters. The molecule has 7 nitrogen and oxygen atoms in total. The number of nitrogens with zero attached hydrogens (tertiary/aromatic N) is 2. The number of aryl methyl sites for hydroxylation is 2. The van der Waals surface area contributed by atoms with Gasteiger partial charge < -0.3 is 4.74 Å². The van der Waals surface area contributed by atoms with Crippen molar-refractivity contribution in [3.05, 3.63) is 115 Å². The summed E-state index contributed by atoms with van der Waals surface area (Å²) < 4.78 is 7.73. The van der Waals surface area contributed by atoms with E-state index in [1.165, 1.54) is 0 Å². The Morgan fingerprint density at radius 3 is 2.03 bits per heavy atom. The first-order chi connectivity index (χ1) is 14.4. The first-order valence-electron chi connectivity index (χ1n) is 9.33. The van der Waals surface area contributed by atoms with Crippen LogP contribution >= 0.6 is 0 Å². The van der Waals surface area contributed by atoms with Gasteiger partial charge in [0.25, 0.3) is 0 Å². The van der Waals surface area contributed by atoms with E-state index in [0.29, 0.717) is 22.9 Å². The fourth-order valence-corrected chi connectivity index (χ4v) is 3.20. The Hall–Kier alpha value is -4.13. The van der Waals surface area contributed by atoms with E-state index in [1.807, 2.05) is 50.2 Å². The molecule has 1 N–H and O–H groups in total. The zero-order valence-corrected chi connectivity index (χ0v) is 16.5. The number of hydrogen-bond donors (Lipinski definition) is 1. The second-order valence-electron chi connectivity index (χ2n) is 6.89. The Morgan fingerprint density at radius 1 is 0.733 bits per heavy atom. The molecule has 30 heavy (non-hydrogen) atoms. The molecule has 0 fully saturated rings. The molecule has 3 aromatic carbocycles. The lowest BCUT2D eigenvalue weighted by molar-refractivity contribution is 0.478. The van der Waals surface area contributed by atoms with Crippen molar-refractivity contribution in [2.45, 2.75) is 13.8 Å². The number of nitrogens with one attached hydrogen (secondary N) is 1. The van der Waals surface area contributed by atoms with Gasteiger partial charge in [-0.3, -0.25) is 4.98 Å². The minimum Gasteiger partial charge on any atom is -0.457 e. The summed E-state index contributed by atoms with van der Waals surface area (Å²) >= 11 is 0. The lowest BCUT2D eigenvalue weighted by Crippen LogP contribution is -2.48. The number of aromatic nitrogens is 3. The third-order valence-corrected chi connectivity index (χ3v) is 4.65. The van der Waals surface area contributed by atoms with Gasteiger partial charge in [-0.1, -0.05) is 30.3 Å². The third kappa shape index (κ3) is 3.60. The molecule has 150 valence electrons. The van der Waals surface area contributed by atoms with Crippen LogP contribution in [-0.2, 0) is 0 Å². The SMILES string of the molecule is Cc1cccc(-n2c(=O)[nH]c(=O)n(-c3ccc(Oc4ccccc4)c(C)c3)c2=O)c1. The van der Waals surface area contributed by atoms with Gasteiger partial charge in [-0.2, -0.15) is 0 Å². The molecule has 1 aromatic heterocycles. The van der Waals surface area contributed by atoms with Crippen LogP contribution in [0.4, 0.5) is 0 Å². The minimum atomic E-state index is -0.801. The lowest BCUT2D eigenvalue weighted by atomic mass is 10.2. The summed E-state index contributed by atoms with van der Waals surface area (Å²) in [4.78, 5) is 40.1. The molecular formula is C23H19N3O4. The van der Waals surface area contributed by atoms with Crippen LogP contribution in [0.1, 0.15) is 11.1 Å². The molecule has 4 rings (SSSR count). The summed E-state index contributed by atoms with van der Waals surface area (Å²) in [6, 6.07) is 21.2. The highest BCUT2D eigenvalue weighted by Crippen LogP contribution is 2.26. The molecular weight excluding hydrogens is 382 g/mol. The third-order valence-electron chi connectivity index (χ3n) is 4.65. The number of aromatic amines is 1. The second kappa shape index (κ2) is 7.71. The minimum absolute atomic E-state index is 0.334. The van der Waals surface area contributed by atoms with E-state index >= 15 is 0 Å². The van der Waals surface area contributed by atoms with Crippen LogP contribution in [0.3, 0.4) is 0 Å².